The first kappa shape index (κ1) is 18.9. The highest BCUT2D eigenvalue weighted by Gasteiger charge is 2.20. The van der Waals surface area contributed by atoms with E-state index in [0.29, 0.717) is 5.75 Å². The van der Waals surface area contributed by atoms with Crippen molar-refractivity contribution in [1.29, 1.82) is 0 Å². The molecule has 1 nitrogen and oxygen atoms in total. The molecule has 25 heavy (non-hydrogen) atoms. The summed E-state index contributed by atoms with van der Waals surface area (Å²) in [5.41, 5.74) is 2.28. The lowest BCUT2D eigenvalue weighted by Crippen LogP contribution is -2.02. The summed E-state index contributed by atoms with van der Waals surface area (Å²) < 4.78 is 39.0. The molecular weight excluding hydrogens is 351 g/mol. The van der Waals surface area contributed by atoms with Gasteiger partial charge in [-0.1, -0.05) is 30.3 Å². The van der Waals surface area contributed by atoms with E-state index in [9.17, 15) is 22.4 Å². The molecule has 3 aromatic rings. The van der Waals surface area contributed by atoms with Crippen molar-refractivity contribution in [2.75, 3.05) is 0 Å². The lowest BCUT2D eigenvalue weighted by Gasteiger charge is -2.01. The van der Waals surface area contributed by atoms with E-state index >= 15 is 0 Å². The Hall–Kier alpha value is -2.41. The van der Waals surface area contributed by atoms with E-state index in [4.69, 9.17) is 0 Å². The number of phenols is 1. The fourth-order valence-electron chi connectivity index (χ4n) is 2.03. The first-order valence-corrected chi connectivity index (χ1v) is 8.24. The first-order valence-electron chi connectivity index (χ1n) is 7.35. The van der Waals surface area contributed by atoms with Crippen LogP contribution in [0.25, 0.3) is 11.1 Å². The van der Waals surface area contributed by atoms with Gasteiger partial charge in [0, 0.05) is 11.8 Å². The first-order chi connectivity index (χ1) is 11.8. The van der Waals surface area contributed by atoms with Crippen LogP contribution in [0, 0.1) is 0 Å². The van der Waals surface area contributed by atoms with Gasteiger partial charge in [-0.3, -0.25) is 0 Å². The number of rotatable bonds is 3. The largest absolute Gasteiger partial charge is 0.673 e. The second-order valence-corrected chi connectivity index (χ2v) is 6.29. The number of hydrogen-bond donors (Lipinski definition) is 1. The molecule has 0 saturated carbocycles. The minimum absolute atomic E-state index is 0.299. The maximum absolute atomic E-state index is 9.75. The minimum Gasteiger partial charge on any atom is -0.508 e. The van der Waals surface area contributed by atoms with Crippen LogP contribution in [0.3, 0.4) is 0 Å². The molecule has 0 aromatic heterocycles. The summed E-state index contributed by atoms with van der Waals surface area (Å²) in [5.74, 6) is 0.299. The van der Waals surface area contributed by atoms with E-state index < -0.39 is 7.25 Å². The van der Waals surface area contributed by atoms with Crippen molar-refractivity contribution >= 4 is 19.0 Å². The number of thiol groups is 1. The number of halogens is 4. The van der Waals surface area contributed by atoms with Crippen molar-refractivity contribution in [3.8, 4) is 16.9 Å². The van der Waals surface area contributed by atoms with Gasteiger partial charge in [0.1, 0.15) is 5.75 Å². The van der Waals surface area contributed by atoms with Crippen LogP contribution in [-0.4, -0.2) is 12.4 Å². The van der Waals surface area contributed by atoms with Gasteiger partial charge in [-0.2, -0.15) is 0 Å². The lowest BCUT2D eigenvalue weighted by molar-refractivity contribution is 0.368. The van der Waals surface area contributed by atoms with Crippen LogP contribution in [0.4, 0.5) is 17.3 Å². The summed E-state index contributed by atoms with van der Waals surface area (Å²) >= 11 is 1.22. The van der Waals surface area contributed by atoms with Crippen molar-refractivity contribution in [1.82, 2.24) is 0 Å². The topological polar surface area (TPSA) is 20.2 Å². The highest BCUT2D eigenvalue weighted by Crippen LogP contribution is 2.23. The summed E-state index contributed by atoms with van der Waals surface area (Å²) in [4.78, 5) is 2.57. The summed E-state index contributed by atoms with van der Waals surface area (Å²) in [5, 5.41) is 9.31. The molecule has 0 heterocycles. The standard InChI is InChI=1S/C18H14OS.BF4/c19-16-10-6-14(7-11-16)15-8-12-18(13-9-15)20-17-4-2-1-3-5-17;2-1(3,4)5/h1-13,19H;/q;-1/p+1. The van der Waals surface area contributed by atoms with E-state index in [1.807, 2.05) is 18.2 Å². The molecule has 0 unspecified atom stereocenters. The van der Waals surface area contributed by atoms with Crippen molar-refractivity contribution < 1.29 is 22.4 Å². The molecule has 0 aliphatic heterocycles. The zero-order chi connectivity index (χ0) is 18.3. The van der Waals surface area contributed by atoms with Crippen LogP contribution in [-0.2, 0) is 11.8 Å². The van der Waals surface area contributed by atoms with Gasteiger partial charge < -0.3 is 22.4 Å². The van der Waals surface area contributed by atoms with Crippen LogP contribution in [0.15, 0.2) is 88.7 Å². The maximum atomic E-state index is 9.75. The van der Waals surface area contributed by atoms with Crippen LogP contribution >= 0.6 is 0 Å². The average molecular weight is 366 g/mol. The summed E-state index contributed by atoms with van der Waals surface area (Å²) in [7, 11) is -6.00. The molecule has 0 bridgehead atoms. The second kappa shape index (κ2) is 8.62. The average Bonchev–Trinajstić information content (AvgIpc) is 2.56. The van der Waals surface area contributed by atoms with E-state index in [1.54, 1.807) is 12.1 Å². The van der Waals surface area contributed by atoms with Crippen LogP contribution in [0.2, 0.25) is 0 Å². The van der Waals surface area contributed by atoms with Gasteiger partial charge in [0.25, 0.3) is 0 Å². The predicted molar refractivity (Wildman–Crippen MR) is 95.5 cm³/mol. The van der Waals surface area contributed by atoms with E-state index in [0.717, 1.165) is 11.1 Å². The fraction of sp³-hybridized carbons (Fsp3) is 0. The highest BCUT2D eigenvalue weighted by atomic mass is 32.2. The van der Waals surface area contributed by atoms with Gasteiger partial charge in [-0.15, -0.1) is 0 Å². The fourth-order valence-corrected chi connectivity index (χ4v) is 2.95. The third kappa shape index (κ3) is 7.35. The molecule has 7 heteroatoms. The summed E-state index contributed by atoms with van der Waals surface area (Å²) in [6, 6.07) is 26.3. The Balaban J connectivity index is 0.000000399. The monoisotopic (exact) mass is 366 g/mol. The van der Waals surface area contributed by atoms with Gasteiger partial charge in [0.2, 0.25) is 0 Å². The number of benzene rings is 3. The van der Waals surface area contributed by atoms with Gasteiger partial charge in [-0.05, 0) is 59.7 Å². The SMILES string of the molecule is F[B-](F)(F)F.Oc1ccc(-c2ccc([SH+]c3ccccc3)cc2)cc1. The lowest BCUT2D eigenvalue weighted by atomic mass is 10.1. The van der Waals surface area contributed by atoms with Gasteiger partial charge in [0.05, 0.1) is 0 Å². The van der Waals surface area contributed by atoms with Crippen molar-refractivity contribution in [2.24, 2.45) is 0 Å². The molecule has 0 aliphatic carbocycles. The Morgan fingerprint density at radius 2 is 1.00 bits per heavy atom. The molecule has 0 spiro atoms. The molecule has 0 radical (unpaired) electrons. The van der Waals surface area contributed by atoms with Crippen molar-refractivity contribution in [3.63, 3.8) is 0 Å². The van der Waals surface area contributed by atoms with E-state index in [1.165, 1.54) is 21.6 Å². The zero-order valence-electron chi connectivity index (χ0n) is 13.0. The number of phenolic OH excluding ortho intramolecular Hbond substituents is 1. The van der Waals surface area contributed by atoms with Crippen LogP contribution in [0.1, 0.15) is 0 Å². The molecule has 0 saturated heterocycles. The van der Waals surface area contributed by atoms with Crippen molar-refractivity contribution in [2.45, 2.75) is 9.79 Å². The molecule has 1 N–H and O–H groups in total. The van der Waals surface area contributed by atoms with Gasteiger partial charge in [-0.25, -0.2) is 0 Å². The zero-order valence-corrected chi connectivity index (χ0v) is 13.9. The molecule has 0 aliphatic rings. The van der Waals surface area contributed by atoms with Gasteiger partial charge in [0.15, 0.2) is 9.79 Å². The normalized spacial score (nSPS) is 10.7. The third-order valence-corrected chi connectivity index (χ3v) is 4.20. The Morgan fingerprint density at radius 1 is 0.600 bits per heavy atom. The van der Waals surface area contributed by atoms with Crippen LogP contribution < -0.4 is 0 Å². The highest BCUT2D eigenvalue weighted by molar-refractivity contribution is 7.78. The summed E-state index contributed by atoms with van der Waals surface area (Å²) in [6.07, 6.45) is 0. The Labute approximate surface area is 147 Å². The Kier molecular flexibility index (Phi) is 6.53. The third-order valence-electron chi connectivity index (χ3n) is 3.08. The molecule has 0 fully saturated rings. The maximum Gasteiger partial charge on any atom is 0.673 e. The van der Waals surface area contributed by atoms with E-state index in [2.05, 4.69) is 48.5 Å². The number of aromatic hydroxyl groups is 1. The molecule has 0 atom stereocenters. The molecule has 0 amide bonds. The molecule has 3 rings (SSSR count). The minimum atomic E-state index is -6.00. The Morgan fingerprint density at radius 3 is 1.48 bits per heavy atom. The van der Waals surface area contributed by atoms with Crippen LogP contribution in [0.5, 0.6) is 5.75 Å². The molecule has 130 valence electrons. The predicted octanol–water partition coefficient (Wildman–Crippen LogP) is 5.59. The van der Waals surface area contributed by atoms with Crippen molar-refractivity contribution in [3.05, 3.63) is 78.9 Å². The summed E-state index contributed by atoms with van der Waals surface area (Å²) in [6.45, 7) is 0. The Bertz CT molecular complexity index is 769. The quantitative estimate of drug-likeness (QED) is 0.277. The van der Waals surface area contributed by atoms with Gasteiger partial charge >= 0.3 is 7.25 Å². The second-order valence-electron chi connectivity index (χ2n) is 5.04. The molecule has 3 aromatic carbocycles. The smallest absolute Gasteiger partial charge is 0.508 e. The van der Waals surface area contributed by atoms with E-state index in [-0.39, 0.29) is 0 Å². The molecular formula is C18H15BF4OS. The number of hydrogen-bond acceptors (Lipinski definition) is 1.